The number of imidazole rings is 1. The zero-order valence-corrected chi connectivity index (χ0v) is 20.8. The van der Waals surface area contributed by atoms with Gasteiger partial charge in [-0.1, -0.05) is 48.9 Å². The highest BCUT2D eigenvalue weighted by molar-refractivity contribution is 6.30. The van der Waals surface area contributed by atoms with E-state index in [0.717, 1.165) is 11.1 Å². The summed E-state index contributed by atoms with van der Waals surface area (Å²) in [5, 5.41) is 3.48. The molecule has 3 heterocycles. The largest absolute Gasteiger partial charge is 0.573 e. The number of ether oxygens (including phenoxy) is 1. The van der Waals surface area contributed by atoms with Crippen molar-refractivity contribution in [3.05, 3.63) is 88.4 Å². The van der Waals surface area contributed by atoms with Crippen molar-refractivity contribution in [3.8, 4) is 5.75 Å². The normalized spacial score (nSPS) is 14.2. The summed E-state index contributed by atoms with van der Waals surface area (Å²) in [6.45, 7) is 3.62. The molecular formula is C26H25ClF3N5O2. The number of aromatic nitrogens is 2. The molecule has 7 nitrogen and oxygen atoms in total. The fraction of sp³-hybridized carbons (Fsp3) is 0.269. The minimum absolute atomic E-state index is 0.255. The molecule has 0 unspecified atom stereocenters. The van der Waals surface area contributed by atoms with Gasteiger partial charge in [0, 0.05) is 25.8 Å². The molecule has 0 fully saturated rings. The molecular weight excluding hydrogens is 507 g/mol. The van der Waals surface area contributed by atoms with E-state index in [-0.39, 0.29) is 11.7 Å². The van der Waals surface area contributed by atoms with Gasteiger partial charge in [0.05, 0.1) is 23.6 Å². The summed E-state index contributed by atoms with van der Waals surface area (Å²) in [4.78, 5) is 23.9. The quantitative estimate of drug-likeness (QED) is 0.454. The van der Waals surface area contributed by atoms with Crippen molar-refractivity contribution in [1.29, 1.82) is 0 Å². The van der Waals surface area contributed by atoms with Crippen LogP contribution in [0.1, 0.15) is 28.7 Å². The molecule has 0 atom stereocenters. The predicted octanol–water partition coefficient (Wildman–Crippen LogP) is 5.21. The number of halogens is 4. The Morgan fingerprint density at radius 2 is 1.97 bits per heavy atom. The maximum Gasteiger partial charge on any atom is 0.573 e. The summed E-state index contributed by atoms with van der Waals surface area (Å²) in [6.07, 6.45) is 5.03. The van der Waals surface area contributed by atoms with Gasteiger partial charge < -0.3 is 15.0 Å². The van der Waals surface area contributed by atoms with Crippen LogP contribution < -0.4 is 10.1 Å². The van der Waals surface area contributed by atoms with E-state index in [1.54, 1.807) is 41.2 Å². The number of carbonyl (C=O) groups excluding carboxylic acids is 1. The second kappa shape index (κ2) is 11.5. The maximum atomic E-state index is 13.1. The third kappa shape index (κ3) is 7.13. The average Bonchev–Trinajstić information content (AvgIpc) is 3.26. The number of hydrogen-bond acceptors (Lipinski definition) is 5. The molecule has 4 rings (SSSR count). The number of amides is 1. The van der Waals surface area contributed by atoms with Crippen LogP contribution in [0.4, 0.5) is 13.2 Å². The highest BCUT2D eigenvalue weighted by Gasteiger charge is 2.31. The fourth-order valence-corrected chi connectivity index (χ4v) is 4.03. The van der Waals surface area contributed by atoms with Crippen LogP contribution in [0.2, 0.25) is 5.02 Å². The smallest absolute Gasteiger partial charge is 0.406 e. The van der Waals surface area contributed by atoms with Gasteiger partial charge in [0.1, 0.15) is 17.1 Å². The van der Waals surface area contributed by atoms with Crippen LogP contribution in [0.5, 0.6) is 5.75 Å². The van der Waals surface area contributed by atoms with Gasteiger partial charge in [-0.2, -0.15) is 0 Å². The lowest BCUT2D eigenvalue weighted by molar-refractivity contribution is -0.274. The minimum Gasteiger partial charge on any atom is -0.406 e. The molecule has 194 valence electrons. The van der Waals surface area contributed by atoms with Gasteiger partial charge in [0.15, 0.2) is 0 Å². The Kier molecular flexibility index (Phi) is 8.17. The molecule has 1 amide bonds. The first-order valence-electron chi connectivity index (χ1n) is 11.6. The molecule has 2 aromatic heterocycles. The van der Waals surface area contributed by atoms with Crippen molar-refractivity contribution in [3.63, 3.8) is 0 Å². The van der Waals surface area contributed by atoms with Crippen molar-refractivity contribution in [2.24, 2.45) is 4.99 Å². The molecule has 0 saturated heterocycles. The lowest BCUT2D eigenvalue weighted by Gasteiger charge is -2.18. The van der Waals surface area contributed by atoms with Crippen LogP contribution in [-0.4, -0.2) is 52.5 Å². The first-order valence-corrected chi connectivity index (χ1v) is 12.0. The van der Waals surface area contributed by atoms with Crippen LogP contribution in [-0.2, 0) is 13.0 Å². The third-order valence-electron chi connectivity index (χ3n) is 5.58. The first kappa shape index (κ1) is 26.3. The van der Waals surface area contributed by atoms with Gasteiger partial charge in [-0.15, -0.1) is 13.2 Å². The summed E-state index contributed by atoms with van der Waals surface area (Å²) in [6, 6.07) is 9.24. The van der Waals surface area contributed by atoms with Crippen molar-refractivity contribution in [2.75, 3.05) is 19.6 Å². The highest BCUT2D eigenvalue weighted by atomic mass is 35.5. The monoisotopic (exact) mass is 531 g/mol. The van der Waals surface area contributed by atoms with Crippen LogP contribution in [0.25, 0.3) is 5.65 Å². The molecule has 3 aromatic rings. The van der Waals surface area contributed by atoms with Crippen LogP contribution in [0.15, 0.2) is 71.4 Å². The van der Waals surface area contributed by atoms with E-state index in [2.05, 4.69) is 20.0 Å². The van der Waals surface area contributed by atoms with E-state index >= 15 is 0 Å². The topological polar surface area (TPSA) is 71.2 Å². The van der Waals surface area contributed by atoms with E-state index in [1.165, 1.54) is 12.1 Å². The molecule has 0 spiro atoms. The Labute approximate surface area is 216 Å². The number of aryl methyl sites for hydroxylation is 1. The van der Waals surface area contributed by atoms with Gasteiger partial charge in [0.25, 0.3) is 5.91 Å². The fourth-order valence-electron chi connectivity index (χ4n) is 3.87. The van der Waals surface area contributed by atoms with E-state index in [1.807, 2.05) is 30.1 Å². The number of alkyl halides is 3. The number of carbonyl (C=O) groups is 1. The number of fused-ring (bicyclic) bond motifs is 1. The second-order valence-corrected chi connectivity index (χ2v) is 8.74. The summed E-state index contributed by atoms with van der Waals surface area (Å²) < 4.78 is 42.8. The summed E-state index contributed by atoms with van der Waals surface area (Å²) in [5.41, 5.74) is 3.48. The van der Waals surface area contributed by atoms with Crippen LogP contribution in [0, 0.1) is 0 Å². The summed E-state index contributed by atoms with van der Waals surface area (Å²) >= 11 is 6.13. The Balaban J connectivity index is 1.42. The maximum absolute atomic E-state index is 13.1. The number of nitrogens with one attached hydrogen (secondary N) is 1. The predicted molar refractivity (Wildman–Crippen MR) is 136 cm³/mol. The molecule has 1 N–H and O–H groups in total. The average molecular weight is 532 g/mol. The van der Waals surface area contributed by atoms with E-state index < -0.39 is 6.36 Å². The zero-order valence-electron chi connectivity index (χ0n) is 20.0. The Morgan fingerprint density at radius 3 is 2.70 bits per heavy atom. The van der Waals surface area contributed by atoms with Gasteiger partial charge in [0.2, 0.25) is 0 Å². The first-order chi connectivity index (χ1) is 17.7. The number of rotatable bonds is 7. The number of nitrogens with zero attached hydrogens (tertiary/aromatic N) is 4. The molecule has 0 aliphatic carbocycles. The Bertz CT molecular complexity index is 1350. The second-order valence-electron chi connectivity index (χ2n) is 8.30. The van der Waals surface area contributed by atoms with E-state index in [9.17, 15) is 18.0 Å². The standard InChI is InChI=1S/C26H25ClF3N5O2/c1-2-22-24(35-16-20(27)7-10-23(35)33-22)25(36)32-14-18-4-3-12-31-17-34(13-11-18)15-19-5-8-21(9-6-19)37-26(28,29)30/h3-11,16-17H,2,12-15H2,1H3,(H,32,36). The number of aliphatic imine (C=N–C) groups is 1. The third-order valence-corrected chi connectivity index (χ3v) is 5.80. The zero-order chi connectivity index (χ0) is 26.4. The van der Waals surface area contributed by atoms with Crippen LogP contribution >= 0.6 is 11.6 Å². The molecule has 37 heavy (non-hydrogen) atoms. The molecule has 0 saturated carbocycles. The van der Waals surface area contributed by atoms with Crippen molar-refractivity contribution >= 4 is 29.5 Å². The molecule has 0 bridgehead atoms. The minimum atomic E-state index is -4.73. The molecule has 1 aromatic carbocycles. The van der Waals surface area contributed by atoms with Crippen LogP contribution in [0.3, 0.4) is 0 Å². The number of benzene rings is 1. The van der Waals surface area contributed by atoms with Gasteiger partial charge >= 0.3 is 6.36 Å². The van der Waals surface area contributed by atoms with Gasteiger partial charge in [-0.05, 0) is 41.8 Å². The summed E-state index contributed by atoms with van der Waals surface area (Å²) in [7, 11) is 0. The number of pyridine rings is 1. The number of hydrogen-bond donors (Lipinski definition) is 1. The van der Waals surface area contributed by atoms with Gasteiger partial charge in [-0.25, -0.2) is 4.98 Å². The lowest BCUT2D eigenvalue weighted by atomic mass is 10.2. The molecule has 0 radical (unpaired) electrons. The van der Waals surface area contributed by atoms with Crippen molar-refractivity contribution in [1.82, 2.24) is 19.6 Å². The highest BCUT2D eigenvalue weighted by Crippen LogP contribution is 2.23. The van der Waals surface area contributed by atoms with E-state index in [0.29, 0.717) is 54.7 Å². The van der Waals surface area contributed by atoms with E-state index in [4.69, 9.17) is 11.6 Å². The lowest BCUT2D eigenvalue weighted by Crippen LogP contribution is -2.28. The Hall–Kier alpha value is -3.79. The Morgan fingerprint density at radius 1 is 1.19 bits per heavy atom. The van der Waals surface area contributed by atoms with Gasteiger partial charge in [-0.3, -0.25) is 14.2 Å². The molecule has 1 aliphatic rings. The van der Waals surface area contributed by atoms with Crippen molar-refractivity contribution in [2.45, 2.75) is 26.3 Å². The van der Waals surface area contributed by atoms with Crippen molar-refractivity contribution < 1.29 is 22.7 Å². The molecule has 1 aliphatic heterocycles. The SMILES string of the molecule is CCc1nc2ccc(Cl)cn2c1C(=O)NCC1=CCN(Cc2ccc(OC(F)(F)F)cc2)C=NCC=C1. The summed E-state index contributed by atoms with van der Waals surface area (Å²) in [5.74, 6) is -0.522. The molecule has 11 heteroatoms.